The van der Waals surface area contributed by atoms with Crippen LogP contribution in [0.3, 0.4) is 0 Å². The molecule has 1 aliphatic heterocycles. The summed E-state index contributed by atoms with van der Waals surface area (Å²) in [5.41, 5.74) is 0.702. The Labute approximate surface area is 200 Å². The molecule has 1 heterocycles. The molecule has 7 nitrogen and oxygen atoms in total. The minimum absolute atomic E-state index is 0. The predicted octanol–water partition coefficient (Wildman–Crippen LogP) is 3.75. The van der Waals surface area contributed by atoms with E-state index >= 15 is 0 Å². The van der Waals surface area contributed by atoms with Crippen LogP contribution in [0.5, 0.6) is 0 Å². The highest BCUT2D eigenvalue weighted by Gasteiger charge is 2.22. The van der Waals surface area contributed by atoms with Gasteiger partial charge in [0.25, 0.3) is 0 Å². The zero-order valence-corrected chi connectivity index (χ0v) is 22.3. The summed E-state index contributed by atoms with van der Waals surface area (Å²) < 4.78 is 5.39. The van der Waals surface area contributed by atoms with Crippen molar-refractivity contribution < 1.29 is 9.53 Å². The summed E-state index contributed by atoms with van der Waals surface area (Å²) in [5.74, 6) is 1.06. The van der Waals surface area contributed by atoms with Crippen molar-refractivity contribution in [1.82, 2.24) is 20.9 Å². The van der Waals surface area contributed by atoms with Crippen molar-refractivity contribution in [1.29, 1.82) is 0 Å². The summed E-state index contributed by atoms with van der Waals surface area (Å²) >= 11 is 0. The monoisotopic (exact) mass is 537 g/mol. The average Bonchev–Trinajstić information content (AvgIpc) is 2.58. The fraction of sp³-hybridized carbons (Fsp3) is 0.818. The molecule has 1 aliphatic rings. The fourth-order valence-corrected chi connectivity index (χ4v) is 3.20. The molecule has 0 aliphatic carbocycles. The first-order valence-corrected chi connectivity index (χ1v) is 10.9. The van der Waals surface area contributed by atoms with Crippen molar-refractivity contribution in [2.45, 2.75) is 79.0 Å². The second-order valence-electron chi connectivity index (χ2n) is 9.37. The number of carbonyl (C=O) groups excluding carboxylic acids is 1. The molecule has 176 valence electrons. The molecule has 30 heavy (non-hydrogen) atoms. The number of ether oxygens (including phenoxy) is 1. The van der Waals surface area contributed by atoms with E-state index in [1.54, 1.807) is 0 Å². The fourth-order valence-electron chi connectivity index (χ4n) is 3.20. The quantitative estimate of drug-likeness (QED) is 0.190. The summed E-state index contributed by atoms with van der Waals surface area (Å²) in [5, 5.41) is 9.85. The summed E-state index contributed by atoms with van der Waals surface area (Å²) in [6, 6.07) is 0.322. The number of nitrogens with one attached hydrogen (secondary N) is 3. The van der Waals surface area contributed by atoms with Gasteiger partial charge in [0.15, 0.2) is 5.96 Å². The van der Waals surface area contributed by atoms with Gasteiger partial charge in [-0.25, -0.2) is 4.79 Å². The van der Waals surface area contributed by atoms with E-state index < -0.39 is 11.7 Å². The molecule has 0 saturated carbocycles. The SMILES string of the molecule is C=C(C)CN1CCC(NC(=NCC(NC(=O)OC(C)(C)C)C(C)C)NCC)CC1.I. The van der Waals surface area contributed by atoms with Crippen LogP contribution in [-0.2, 0) is 4.74 Å². The number of amides is 1. The van der Waals surface area contributed by atoms with E-state index in [0.29, 0.717) is 12.6 Å². The highest BCUT2D eigenvalue weighted by atomic mass is 127. The third-order valence-corrected chi connectivity index (χ3v) is 4.72. The van der Waals surface area contributed by atoms with Crippen molar-refractivity contribution >= 4 is 36.0 Å². The largest absolute Gasteiger partial charge is 0.444 e. The lowest BCUT2D eigenvalue weighted by molar-refractivity contribution is 0.0493. The van der Waals surface area contributed by atoms with E-state index in [1.807, 2.05) is 20.8 Å². The van der Waals surface area contributed by atoms with E-state index in [1.165, 1.54) is 5.57 Å². The Bertz CT molecular complexity index is 552. The van der Waals surface area contributed by atoms with Crippen molar-refractivity contribution in [2.75, 3.05) is 32.7 Å². The zero-order chi connectivity index (χ0) is 22.0. The lowest BCUT2D eigenvalue weighted by Crippen LogP contribution is -2.49. The van der Waals surface area contributed by atoms with Crippen LogP contribution in [0.25, 0.3) is 0 Å². The highest BCUT2D eigenvalue weighted by Crippen LogP contribution is 2.12. The van der Waals surface area contributed by atoms with E-state index in [4.69, 9.17) is 9.73 Å². The van der Waals surface area contributed by atoms with Crippen LogP contribution >= 0.6 is 24.0 Å². The molecular weight excluding hydrogens is 493 g/mol. The smallest absolute Gasteiger partial charge is 0.407 e. The molecule has 1 rings (SSSR count). The first kappa shape index (κ1) is 29.0. The van der Waals surface area contributed by atoms with Crippen LogP contribution in [-0.4, -0.2) is 67.4 Å². The number of piperidine rings is 1. The Morgan fingerprint density at radius 2 is 1.87 bits per heavy atom. The molecule has 0 aromatic carbocycles. The molecule has 1 atom stereocenters. The number of alkyl carbamates (subject to hydrolysis) is 1. The van der Waals surface area contributed by atoms with Crippen molar-refractivity contribution in [2.24, 2.45) is 10.9 Å². The average molecular weight is 538 g/mol. The molecule has 8 heteroatoms. The molecule has 0 bridgehead atoms. The molecule has 3 N–H and O–H groups in total. The number of carbonyl (C=O) groups is 1. The van der Waals surface area contributed by atoms with Crippen LogP contribution in [0.2, 0.25) is 0 Å². The second kappa shape index (κ2) is 14.1. The molecule has 1 amide bonds. The minimum Gasteiger partial charge on any atom is -0.444 e. The van der Waals surface area contributed by atoms with Gasteiger partial charge in [0.05, 0.1) is 12.6 Å². The minimum atomic E-state index is -0.510. The van der Waals surface area contributed by atoms with Gasteiger partial charge < -0.3 is 20.7 Å². The lowest BCUT2D eigenvalue weighted by atomic mass is 10.0. The van der Waals surface area contributed by atoms with Gasteiger partial charge in [0.1, 0.15) is 5.60 Å². The number of halogens is 1. The summed E-state index contributed by atoms with van der Waals surface area (Å²) in [7, 11) is 0. The lowest BCUT2D eigenvalue weighted by Gasteiger charge is -2.33. The first-order valence-electron chi connectivity index (χ1n) is 10.9. The number of rotatable bonds is 8. The second-order valence-corrected chi connectivity index (χ2v) is 9.37. The number of guanidine groups is 1. The molecule has 0 aromatic rings. The third kappa shape index (κ3) is 12.6. The number of hydrogen-bond acceptors (Lipinski definition) is 4. The molecule has 1 saturated heterocycles. The van der Waals surface area contributed by atoms with E-state index in [9.17, 15) is 4.79 Å². The van der Waals surface area contributed by atoms with E-state index in [0.717, 1.165) is 45.0 Å². The van der Waals surface area contributed by atoms with Gasteiger partial charge in [-0.1, -0.05) is 26.0 Å². The van der Waals surface area contributed by atoms with Crippen molar-refractivity contribution in [3.8, 4) is 0 Å². The molecule has 0 radical (unpaired) electrons. The van der Waals surface area contributed by atoms with Gasteiger partial charge in [-0.3, -0.25) is 9.89 Å². The van der Waals surface area contributed by atoms with Crippen LogP contribution in [0, 0.1) is 5.92 Å². The van der Waals surface area contributed by atoms with Crippen LogP contribution < -0.4 is 16.0 Å². The van der Waals surface area contributed by atoms with Gasteiger partial charge in [-0.2, -0.15) is 0 Å². The van der Waals surface area contributed by atoms with Gasteiger partial charge >= 0.3 is 6.09 Å². The topological polar surface area (TPSA) is 78.0 Å². The Morgan fingerprint density at radius 3 is 2.33 bits per heavy atom. The van der Waals surface area contributed by atoms with E-state index in [-0.39, 0.29) is 35.9 Å². The Morgan fingerprint density at radius 1 is 1.27 bits per heavy atom. The molecule has 0 aromatic heterocycles. The van der Waals surface area contributed by atoms with Gasteiger partial charge in [-0.15, -0.1) is 24.0 Å². The number of hydrogen-bond donors (Lipinski definition) is 3. The van der Waals surface area contributed by atoms with E-state index in [2.05, 4.69) is 55.1 Å². The maximum absolute atomic E-state index is 12.1. The molecule has 1 unspecified atom stereocenters. The standard InChI is InChI=1S/C22H43N5O2.HI/c1-9-23-20(25-18-10-12-27(13-11-18)15-16(2)3)24-14-19(17(4)5)26-21(28)29-22(6,7)8;/h17-19H,2,9-15H2,1,3-8H3,(H,26,28)(H2,23,24,25);1H. The number of likely N-dealkylation sites (tertiary alicyclic amines) is 1. The van der Waals surface area contributed by atoms with Crippen LogP contribution in [0.1, 0.15) is 61.3 Å². The first-order chi connectivity index (χ1) is 13.5. The van der Waals surface area contributed by atoms with Gasteiger partial charge in [0, 0.05) is 32.2 Å². The summed E-state index contributed by atoms with van der Waals surface area (Å²) in [6.45, 7) is 22.3. The van der Waals surface area contributed by atoms with Crippen molar-refractivity contribution in [3.05, 3.63) is 12.2 Å². The number of aliphatic imine (C=N–C) groups is 1. The van der Waals surface area contributed by atoms with Crippen LogP contribution in [0.4, 0.5) is 4.79 Å². The van der Waals surface area contributed by atoms with Gasteiger partial charge in [-0.05, 0) is 53.4 Å². The Kier molecular flexibility index (Phi) is 13.6. The molecular formula is C22H44IN5O2. The molecule has 0 spiro atoms. The normalized spacial score (nSPS) is 17.1. The molecule has 1 fully saturated rings. The maximum atomic E-state index is 12.1. The summed E-state index contributed by atoms with van der Waals surface area (Å²) in [4.78, 5) is 19.3. The number of nitrogens with zero attached hydrogens (tertiary/aromatic N) is 2. The van der Waals surface area contributed by atoms with Crippen LogP contribution in [0.15, 0.2) is 17.1 Å². The van der Waals surface area contributed by atoms with Gasteiger partial charge in [0.2, 0.25) is 0 Å². The third-order valence-electron chi connectivity index (χ3n) is 4.72. The van der Waals surface area contributed by atoms with Crippen molar-refractivity contribution in [3.63, 3.8) is 0 Å². The summed E-state index contributed by atoms with van der Waals surface area (Å²) in [6.07, 6.45) is 1.78. The maximum Gasteiger partial charge on any atom is 0.407 e. The highest BCUT2D eigenvalue weighted by molar-refractivity contribution is 14.0. The predicted molar refractivity (Wildman–Crippen MR) is 137 cm³/mol. The zero-order valence-electron chi connectivity index (χ0n) is 20.0. The Hall–Kier alpha value is -1.03. The Balaban J connectivity index is 0.00000841.